The van der Waals surface area contributed by atoms with Crippen molar-refractivity contribution in [3.8, 4) is 22.7 Å². The van der Waals surface area contributed by atoms with E-state index in [4.69, 9.17) is 14.9 Å². The number of para-hydroxylation sites is 2. The quantitative estimate of drug-likeness (QED) is 0.239. The number of hydrogen-bond acceptors (Lipinski definition) is 4. The third kappa shape index (κ3) is 4.64. The lowest BCUT2D eigenvalue weighted by Crippen LogP contribution is -2.21. The van der Waals surface area contributed by atoms with Crippen LogP contribution in [0.2, 0.25) is 0 Å². The lowest BCUT2D eigenvalue weighted by atomic mass is 9.98. The van der Waals surface area contributed by atoms with Crippen molar-refractivity contribution >= 4 is 23.4 Å². The van der Waals surface area contributed by atoms with Crippen LogP contribution in [0, 0.1) is 6.92 Å². The van der Waals surface area contributed by atoms with E-state index in [-0.39, 0.29) is 5.91 Å². The van der Waals surface area contributed by atoms with Crippen LogP contribution >= 0.6 is 0 Å². The molecule has 1 aliphatic heterocycles. The van der Waals surface area contributed by atoms with Crippen LogP contribution in [0.1, 0.15) is 16.7 Å². The van der Waals surface area contributed by atoms with Crippen molar-refractivity contribution < 1.29 is 9.53 Å². The van der Waals surface area contributed by atoms with Crippen molar-refractivity contribution in [2.75, 3.05) is 12.1 Å². The zero-order valence-corrected chi connectivity index (χ0v) is 21.7. The summed E-state index contributed by atoms with van der Waals surface area (Å²) in [7, 11) is 1.66. The van der Waals surface area contributed by atoms with Crippen LogP contribution in [0.25, 0.3) is 23.0 Å². The van der Waals surface area contributed by atoms with Gasteiger partial charge in [0.25, 0.3) is 5.91 Å². The highest BCUT2D eigenvalue weighted by molar-refractivity contribution is 6.37. The molecule has 1 aliphatic rings. The molecule has 4 aromatic carbocycles. The molecule has 190 valence electrons. The van der Waals surface area contributed by atoms with Gasteiger partial charge in [0.1, 0.15) is 11.5 Å². The van der Waals surface area contributed by atoms with Crippen LogP contribution in [0.15, 0.2) is 126 Å². The van der Waals surface area contributed by atoms with Crippen LogP contribution in [0.3, 0.4) is 0 Å². The smallest absolute Gasteiger partial charge is 0.281 e. The highest BCUT2D eigenvalue weighted by atomic mass is 16.5. The van der Waals surface area contributed by atoms with Crippen LogP contribution in [-0.2, 0) is 4.79 Å². The molecule has 1 amide bonds. The van der Waals surface area contributed by atoms with Crippen molar-refractivity contribution in [3.63, 3.8) is 0 Å². The fourth-order valence-corrected chi connectivity index (χ4v) is 4.71. The molecule has 0 atom stereocenters. The van der Waals surface area contributed by atoms with Crippen LogP contribution < -0.4 is 9.75 Å². The molecule has 0 N–H and O–H groups in total. The number of rotatable bonds is 6. The van der Waals surface area contributed by atoms with E-state index in [9.17, 15) is 4.79 Å². The molecule has 0 radical (unpaired) electrons. The van der Waals surface area contributed by atoms with E-state index >= 15 is 0 Å². The minimum atomic E-state index is -0.190. The summed E-state index contributed by atoms with van der Waals surface area (Å²) < 4.78 is 7.32. The number of aromatic nitrogens is 2. The highest BCUT2D eigenvalue weighted by Crippen LogP contribution is 2.32. The second kappa shape index (κ2) is 10.3. The maximum Gasteiger partial charge on any atom is 0.281 e. The van der Waals surface area contributed by atoms with Gasteiger partial charge in [-0.1, -0.05) is 66.7 Å². The molecule has 0 saturated heterocycles. The number of anilines is 1. The van der Waals surface area contributed by atoms with E-state index in [0.29, 0.717) is 17.0 Å². The highest BCUT2D eigenvalue weighted by Gasteiger charge is 2.32. The summed E-state index contributed by atoms with van der Waals surface area (Å²) in [6.07, 6.45) is 3.86. The number of carbonyl (C=O) groups excluding carboxylic acids is 1. The average Bonchev–Trinajstić information content (AvgIpc) is 3.56. The summed E-state index contributed by atoms with van der Waals surface area (Å²) >= 11 is 0. The molecule has 0 aliphatic carbocycles. The maximum atomic E-state index is 13.9. The third-order valence-electron chi connectivity index (χ3n) is 6.66. The molecule has 6 heteroatoms. The van der Waals surface area contributed by atoms with Gasteiger partial charge >= 0.3 is 0 Å². The van der Waals surface area contributed by atoms with Crippen molar-refractivity contribution in [2.24, 2.45) is 5.10 Å². The zero-order valence-electron chi connectivity index (χ0n) is 21.7. The largest absolute Gasteiger partial charge is 0.496 e. The van der Waals surface area contributed by atoms with Crippen molar-refractivity contribution in [2.45, 2.75) is 6.92 Å². The average molecular weight is 511 g/mol. The second-order valence-corrected chi connectivity index (χ2v) is 9.22. The molecule has 0 saturated carbocycles. The van der Waals surface area contributed by atoms with E-state index in [0.717, 1.165) is 39.4 Å². The monoisotopic (exact) mass is 510 g/mol. The fourth-order valence-electron chi connectivity index (χ4n) is 4.71. The first-order valence-electron chi connectivity index (χ1n) is 12.7. The zero-order chi connectivity index (χ0) is 26.8. The Morgan fingerprint density at radius 3 is 2.05 bits per heavy atom. The Hall–Kier alpha value is -5.23. The SMILES string of the molecule is COc1ccc(-c2nn(-c3ccccc3)cc2/C=C2/C(=O)N(c3ccccc3)N=C2c2ccccc2)cc1C. The molecule has 0 fully saturated rings. The molecule has 39 heavy (non-hydrogen) atoms. The van der Waals surface area contributed by atoms with Gasteiger partial charge in [0, 0.05) is 22.9 Å². The summed E-state index contributed by atoms with van der Waals surface area (Å²) in [6, 6.07) is 35.2. The number of aryl methyl sites for hydroxylation is 1. The van der Waals surface area contributed by atoms with Gasteiger partial charge in [0.2, 0.25) is 0 Å². The van der Waals surface area contributed by atoms with Crippen molar-refractivity contribution in [1.29, 1.82) is 0 Å². The number of hydrogen-bond donors (Lipinski definition) is 0. The number of ether oxygens (including phenoxy) is 1. The van der Waals surface area contributed by atoms with E-state index in [1.807, 2.05) is 127 Å². The number of nitrogens with zero attached hydrogens (tertiary/aromatic N) is 4. The maximum absolute atomic E-state index is 13.9. The first-order valence-corrected chi connectivity index (χ1v) is 12.7. The Bertz CT molecular complexity index is 1710. The molecule has 6 rings (SSSR count). The Morgan fingerprint density at radius 2 is 1.41 bits per heavy atom. The van der Waals surface area contributed by atoms with Gasteiger partial charge in [-0.15, -0.1) is 0 Å². The molecule has 2 heterocycles. The number of amides is 1. The van der Waals surface area contributed by atoms with Gasteiger partial charge in [-0.05, 0) is 61.0 Å². The van der Waals surface area contributed by atoms with E-state index in [2.05, 4.69) is 6.07 Å². The van der Waals surface area contributed by atoms with Gasteiger partial charge in [0.15, 0.2) is 0 Å². The van der Waals surface area contributed by atoms with E-state index in [1.54, 1.807) is 7.11 Å². The Labute approximate surface area is 227 Å². The Balaban J connectivity index is 1.53. The second-order valence-electron chi connectivity index (χ2n) is 9.22. The van der Waals surface area contributed by atoms with E-state index in [1.165, 1.54) is 5.01 Å². The first kappa shape index (κ1) is 24.1. The van der Waals surface area contributed by atoms with Gasteiger partial charge in [-0.3, -0.25) is 4.79 Å². The number of hydrazone groups is 1. The van der Waals surface area contributed by atoms with Gasteiger partial charge < -0.3 is 4.74 Å². The lowest BCUT2D eigenvalue weighted by molar-refractivity contribution is -0.114. The Morgan fingerprint density at radius 1 is 0.769 bits per heavy atom. The standard InChI is InChI=1S/C33H26N4O2/c1-23-20-25(18-19-30(23)39-2)31-26(22-36(34-31)27-14-8-4-9-15-27)21-29-32(24-12-6-3-7-13-24)35-37(33(29)38)28-16-10-5-11-17-28/h3-22H,1-2H3/b29-21+. The molecule has 0 bridgehead atoms. The van der Waals surface area contributed by atoms with Crippen LogP contribution in [-0.4, -0.2) is 28.5 Å². The van der Waals surface area contributed by atoms with Crippen LogP contribution in [0.5, 0.6) is 5.75 Å². The third-order valence-corrected chi connectivity index (χ3v) is 6.66. The van der Waals surface area contributed by atoms with Gasteiger partial charge in [-0.25, -0.2) is 4.68 Å². The summed E-state index contributed by atoms with van der Waals surface area (Å²) in [5.41, 5.74) is 7.13. The summed E-state index contributed by atoms with van der Waals surface area (Å²) in [5, 5.41) is 11.2. The number of benzene rings is 4. The predicted molar refractivity (Wildman–Crippen MR) is 155 cm³/mol. The molecule has 1 aromatic heterocycles. The first-order chi connectivity index (χ1) is 19.1. The molecule has 5 aromatic rings. The van der Waals surface area contributed by atoms with E-state index < -0.39 is 0 Å². The molecular weight excluding hydrogens is 484 g/mol. The molecule has 0 spiro atoms. The predicted octanol–water partition coefficient (Wildman–Crippen LogP) is 6.69. The minimum absolute atomic E-state index is 0.190. The summed E-state index contributed by atoms with van der Waals surface area (Å²) in [5.74, 6) is 0.619. The normalized spacial score (nSPS) is 14.1. The molecule has 6 nitrogen and oxygen atoms in total. The topological polar surface area (TPSA) is 59.7 Å². The molecular formula is C33H26N4O2. The number of carbonyl (C=O) groups is 1. The molecule has 0 unspecified atom stereocenters. The minimum Gasteiger partial charge on any atom is -0.496 e. The summed E-state index contributed by atoms with van der Waals surface area (Å²) in [4.78, 5) is 13.9. The van der Waals surface area contributed by atoms with Crippen LogP contribution in [0.4, 0.5) is 5.69 Å². The van der Waals surface area contributed by atoms with Crippen molar-refractivity contribution in [1.82, 2.24) is 9.78 Å². The van der Waals surface area contributed by atoms with Crippen molar-refractivity contribution in [3.05, 3.63) is 138 Å². The van der Waals surface area contributed by atoms with Gasteiger partial charge in [0.05, 0.1) is 29.8 Å². The Kier molecular flexibility index (Phi) is 6.35. The lowest BCUT2D eigenvalue weighted by Gasteiger charge is -2.11. The summed E-state index contributed by atoms with van der Waals surface area (Å²) in [6.45, 7) is 2.01. The van der Waals surface area contributed by atoms with Gasteiger partial charge in [-0.2, -0.15) is 15.2 Å². The number of methoxy groups -OCH3 is 1. The fraction of sp³-hybridized carbons (Fsp3) is 0.0606.